The Labute approximate surface area is 172 Å². The van der Waals surface area contributed by atoms with Crippen LogP contribution in [0, 0.1) is 6.92 Å². The molecule has 2 heterocycles. The van der Waals surface area contributed by atoms with Crippen LogP contribution in [0.3, 0.4) is 0 Å². The molecule has 0 fully saturated rings. The minimum Gasteiger partial charge on any atom is -0.370 e. The number of hydrogen-bond acceptors (Lipinski definition) is 2. The summed E-state index contributed by atoms with van der Waals surface area (Å²) in [4.78, 5) is 0. The molecule has 29 heavy (non-hydrogen) atoms. The molecule has 0 radical (unpaired) electrons. The molecule has 5 rings (SSSR count). The van der Waals surface area contributed by atoms with Crippen LogP contribution in [0.5, 0.6) is 0 Å². The average molecular weight is 380 g/mol. The van der Waals surface area contributed by atoms with E-state index >= 15 is 0 Å². The Kier molecular flexibility index (Phi) is 4.65. The lowest BCUT2D eigenvalue weighted by Gasteiger charge is -2.11. The number of hydrogen-bond donors (Lipinski definition) is 1. The Bertz CT molecular complexity index is 1120. The summed E-state index contributed by atoms with van der Waals surface area (Å²) < 4.78 is 2.11. The van der Waals surface area contributed by atoms with Gasteiger partial charge in [0.2, 0.25) is 0 Å². The molecule has 3 heteroatoms. The highest BCUT2D eigenvalue weighted by Crippen LogP contribution is 2.35. The minimum absolute atomic E-state index is 0.997. The summed E-state index contributed by atoms with van der Waals surface area (Å²) in [6.45, 7) is 3.14. The van der Waals surface area contributed by atoms with Gasteiger partial charge in [-0.1, -0.05) is 72.8 Å². The lowest BCUT2D eigenvalue weighted by molar-refractivity contribution is 0.779. The maximum absolute atomic E-state index is 5.09. The third-order valence-corrected chi connectivity index (χ3v) is 5.74. The highest BCUT2D eigenvalue weighted by molar-refractivity contribution is 5.74. The van der Waals surface area contributed by atoms with Crippen LogP contribution < -0.4 is 5.32 Å². The van der Waals surface area contributed by atoms with Gasteiger partial charge in [-0.05, 0) is 48.9 Å². The van der Waals surface area contributed by atoms with Crippen LogP contribution in [-0.4, -0.2) is 16.3 Å². The molecule has 0 unspecified atom stereocenters. The summed E-state index contributed by atoms with van der Waals surface area (Å²) in [6, 6.07) is 27.8. The van der Waals surface area contributed by atoms with Crippen molar-refractivity contribution < 1.29 is 0 Å². The Hall–Kier alpha value is -3.33. The number of fused-ring (bicyclic) bond motifs is 1. The lowest BCUT2D eigenvalue weighted by atomic mass is 10.00. The van der Waals surface area contributed by atoms with Gasteiger partial charge in [0.05, 0.1) is 11.4 Å². The van der Waals surface area contributed by atoms with E-state index in [1.165, 1.54) is 40.7 Å². The molecule has 0 atom stereocenters. The maximum atomic E-state index is 5.09. The van der Waals surface area contributed by atoms with Crippen molar-refractivity contribution in [3.05, 3.63) is 90.0 Å². The second kappa shape index (κ2) is 7.59. The zero-order chi connectivity index (χ0) is 19.6. The molecule has 1 aromatic heterocycles. The van der Waals surface area contributed by atoms with Crippen LogP contribution in [0.25, 0.3) is 28.1 Å². The van der Waals surface area contributed by atoms with Crippen LogP contribution >= 0.6 is 0 Å². The predicted octanol–water partition coefficient (Wildman–Crippen LogP) is 6.26. The molecular weight excluding hydrogens is 354 g/mol. The largest absolute Gasteiger partial charge is 0.370 e. The third-order valence-electron chi connectivity index (χ3n) is 5.74. The van der Waals surface area contributed by atoms with Crippen molar-refractivity contribution in [2.75, 3.05) is 11.9 Å². The number of rotatable bonds is 3. The quantitative estimate of drug-likeness (QED) is 0.455. The van der Waals surface area contributed by atoms with Crippen molar-refractivity contribution in [3.8, 4) is 28.1 Å². The van der Waals surface area contributed by atoms with E-state index in [1.807, 2.05) is 0 Å². The third kappa shape index (κ3) is 3.33. The van der Waals surface area contributed by atoms with E-state index in [0.717, 1.165) is 30.2 Å². The summed E-state index contributed by atoms with van der Waals surface area (Å²) >= 11 is 0. The number of aryl methyl sites for hydroxylation is 1. The predicted molar refractivity (Wildman–Crippen MR) is 121 cm³/mol. The van der Waals surface area contributed by atoms with Gasteiger partial charge in [-0.2, -0.15) is 5.10 Å². The van der Waals surface area contributed by atoms with E-state index in [1.54, 1.807) is 0 Å². The molecule has 3 aromatic carbocycles. The van der Waals surface area contributed by atoms with E-state index in [4.69, 9.17) is 5.10 Å². The maximum Gasteiger partial charge on any atom is 0.133 e. The molecule has 3 nitrogen and oxygen atoms in total. The van der Waals surface area contributed by atoms with E-state index in [2.05, 4.69) is 95.8 Å². The Morgan fingerprint density at radius 3 is 2.24 bits per heavy atom. The fraction of sp³-hybridized carbons (Fsp3) is 0.192. The molecule has 0 saturated carbocycles. The summed E-state index contributed by atoms with van der Waals surface area (Å²) in [7, 11) is 0. The molecule has 0 spiro atoms. The van der Waals surface area contributed by atoms with Gasteiger partial charge in [-0.15, -0.1) is 0 Å². The second-order valence-electron chi connectivity index (χ2n) is 7.70. The van der Waals surface area contributed by atoms with Crippen molar-refractivity contribution in [2.45, 2.75) is 26.2 Å². The highest BCUT2D eigenvalue weighted by atomic mass is 15.3. The first-order valence-electron chi connectivity index (χ1n) is 10.4. The van der Waals surface area contributed by atoms with Gasteiger partial charge < -0.3 is 5.32 Å². The number of aromatic nitrogens is 2. The fourth-order valence-electron chi connectivity index (χ4n) is 4.16. The fourth-order valence-corrected chi connectivity index (χ4v) is 4.16. The van der Waals surface area contributed by atoms with Crippen LogP contribution in [0.2, 0.25) is 0 Å². The van der Waals surface area contributed by atoms with Crippen molar-refractivity contribution in [2.24, 2.45) is 0 Å². The topological polar surface area (TPSA) is 29.9 Å². The van der Waals surface area contributed by atoms with Gasteiger partial charge in [0.1, 0.15) is 5.82 Å². The zero-order valence-electron chi connectivity index (χ0n) is 16.7. The summed E-state index contributed by atoms with van der Waals surface area (Å²) in [5.74, 6) is 1.15. The number of nitrogens with one attached hydrogen (secondary N) is 1. The number of benzene rings is 3. The molecule has 0 bridgehead atoms. The van der Waals surface area contributed by atoms with E-state index in [9.17, 15) is 0 Å². The van der Waals surface area contributed by atoms with Gasteiger partial charge in [-0.25, -0.2) is 4.68 Å². The van der Waals surface area contributed by atoms with Crippen LogP contribution in [0.1, 0.15) is 24.0 Å². The van der Waals surface area contributed by atoms with Gasteiger partial charge in [0.15, 0.2) is 0 Å². The van der Waals surface area contributed by atoms with Gasteiger partial charge >= 0.3 is 0 Å². The molecule has 1 aliphatic heterocycles. The molecule has 144 valence electrons. The standard InChI is InChI=1S/C26H25N3/c1-19-9-5-6-13-24(19)29-26-23(12-7-8-18-27-26)25(28-29)22-16-14-21(15-17-22)20-10-3-2-4-11-20/h2-6,9-11,13-17,27H,7-8,12,18H2,1H3. The van der Waals surface area contributed by atoms with E-state index in [0.29, 0.717) is 0 Å². The monoisotopic (exact) mass is 379 g/mol. The summed E-state index contributed by atoms with van der Waals surface area (Å²) in [5.41, 5.74) is 8.45. The average Bonchev–Trinajstić information content (AvgIpc) is 2.95. The Morgan fingerprint density at radius 2 is 1.45 bits per heavy atom. The van der Waals surface area contributed by atoms with Crippen molar-refractivity contribution >= 4 is 5.82 Å². The molecule has 4 aromatic rings. The van der Waals surface area contributed by atoms with Gasteiger partial charge in [0, 0.05) is 17.7 Å². The molecule has 0 saturated heterocycles. The molecular formula is C26H25N3. The SMILES string of the molecule is Cc1ccccc1-n1nc(-c2ccc(-c3ccccc3)cc2)c2c1NCCCC2. The summed E-state index contributed by atoms with van der Waals surface area (Å²) in [5, 5.41) is 8.74. The molecule has 1 N–H and O–H groups in total. The van der Waals surface area contributed by atoms with E-state index in [-0.39, 0.29) is 0 Å². The normalized spacial score (nSPS) is 13.4. The van der Waals surface area contributed by atoms with Crippen LogP contribution in [0.4, 0.5) is 5.82 Å². The Balaban J connectivity index is 1.61. The molecule has 0 aliphatic carbocycles. The second-order valence-corrected chi connectivity index (χ2v) is 7.70. The van der Waals surface area contributed by atoms with E-state index < -0.39 is 0 Å². The van der Waals surface area contributed by atoms with Crippen LogP contribution in [-0.2, 0) is 6.42 Å². The first-order valence-corrected chi connectivity index (χ1v) is 10.4. The van der Waals surface area contributed by atoms with Crippen molar-refractivity contribution in [1.29, 1.82) is 0 Å². The first kappa shape index (κ1) is 17.7. The summed E-state index contributed by atoms with van der Waals surface area (Å²) in [6.07, 6.45) is 3.44. The van der Waals surface area contributed by atoms with Gasteiger partial charge in [0.25, 0.3) is 0 Å². The first-order chi connectivity index (χ1) is 14.3. The zero-order valence-corrected chi connectivity index (χ0v) is 16.7. The lowest BCUT2D eigenvalue weighted by Crippen LogP contribution is -2.08. The Morgan fingerprint density at radius 1 is 0.759 bits per heavy atom. The van der Waals surface area contributed by atoms with Crippen LogP contribution in [0.15, 0.2) is 78.9 Å². The molecule has 1 aliphatic rings. The number of para-hydroxylation sites is 1. The smallest absolute Gasteiger partial charge is 0.133 e. The number of anilines is 1. The van der Waals surface area contributed by atoms with Crippen molar-refractivity contribution in [3.63, 3.8) is 0 Å². The van der Waals surface area contributed by atoms with Crippen molar-refractivity contribution in [1.82, 2.24) is 9.78 Å². The molecule has 0 amide bonds. The van der Waals surface area contributed by atoms with Gasteiger partial charge in [-0.3, -0.25) is 0 Å². The minimum atomic E-state index is 0.997. The highest BCUT2D eigenvalue weighted by Gasteiger charge is 2.22. The number of nitrogens with zero attached hydrogens (tertiary/aromatic N) is 2.